The molecule has 4 nitrogen and oxygen atoms in total. The van der Waals surface area contributed by atoms with E-state index in [1.807, 2.05) is 30.3 Å². The van der Waals surface area contributed by atoms with E-state index in [0.29, 0.717) is 5.92 Å². The van der Waals surface area contributed by atoms with Crippen LogP contribution in [0.25, 0.3) is 10.9 Å². The van der Waals surface area contributed by atoms with Crippen LogP contribution < -0.4 is 5.32 Å². The van der Waals surface area contributed by atoms with Crippen LogP contribution in [0.5, 0.6) is 0 Å². The third kappa shape index (κ3) is 2.78. The third-order valence-electron chi connectivity index (χ3n) is 5.74. The van der Waals surface area contributed by atoms with Crippen LogP contribution >= 0.6 is 12.4 Å². The standard InChI is InChI=1S/C19H23N3O.ClH/c1-19(2)17(13-7-10-22(19)11-8-13)21-18(23)15-5-6-16-14(12-15)4-3-9-20-16;/h3-6,9,12-13,17H,7-8,10-11H2,1-2H3,(H,21,23);1H/t17-;/m1./s1. The summed E-state index contributed by atoms with van der Waals surface area (Å²) in [4.78, 5) is 19.6. The number of hydrogen-bond acceptors (Lipinski definition) is 3. The smallest absolute Gasteiger partial charge is 0.251 e. The van der Waals surface area contributed by atoms with Crippen molar-refractivity contribution in [3.8, 4) is 0 Å². The van der Waals surface area contributed by atoms with Gasteiger partial charge in [0.15, 0.2) is 0 Å². The van der Waals surface area contributed by atoms with Gasteiger partial charge in [0.05, 0.1) is 5.52 Å². The molecule has 0 radical (unpaired) electrons. The minimum absolute atomic E-state index is 0. The molecule has 128 valence electrons. The molecule has 0 saturated carbocycles. The number of carbonyl (C=O) groups excluding carboxylic acids is 1. The molecular weight excluding hydrogens is 322 g/mol. The highest BCUT2D eigenvalue weighted by atomic mass is 35.5. The summed E-state index contributed by atoms with van der Waals surface area (Å²) in [6.45, 7) is 6.83. The van der Waals surface area contributed by atoms with E-state index >= 15 is 0 Å². The maximum atomic E-state index is 12.8. The number of aromatic nitrogens is 1. The van der Waals surface area contributed by atoms with Gasteiger partial charge in [-0.1, -0.05) is 6.07 Å². The summed E-state index contributed by atoms with van der Waals surface area (Å²) in [5, 5.41) is 4.33. The lowest BCUT2D eigenvalue weighted by molar-refractivity contribution is -0.0378. The number of piperidine rings is 3. The van der Waals surface area contributed by atoms with Crippen LogP contribution in [-0.4, -0.2) is 40.5 Å². The van der Waals surface area contributed by atoms with Gasteiger partial charge in [0, 0.05) is 28.7 Å². The van der Waals surface area contributed by atoms with Gasteiger partial charge in [-0.25, -0.2) is 0 Å². The van der Waals surface area contributed by atoms with Crippen molar-refractivity contribution in [2.75, 3.05) is 13.1 Å². The number of carbonyl (C=O) groups is 1. The highest BCUT2D eigenvalue weighted by Crippen LogP contribution is 2.39. The zero-order valence-corrected chi connectivity index (χ0v) is 15.0. The molecule has 1 atom stereocenters. The van der Waals surface area contributed by atoms with Gasteiger partial charge in [0.1, 0.15) is 0 Å². The van der Waals surface area contributed by atoms with E-state index in [4.69, 9.17) is 0 Å². The maximum absolute atomic E-state index is 12.8. The molecule has 1 N–H and O–H groups in total. The lowest BCUT2D eigenvalue weighted by Crippen LogP contribution is -2.69. The van der Waals surface area contributed by atoms with Gasteiger partial charge >= 0.3 is 0 Å². The zero-order chi connectivity index (χ0) is 16.0. The predicted molar refractivity (Wildman–Crippen MR) is 98.6 cm³/mol. The summed E-state index contributed by atoms with van der Waals surface area (Å²) < 4.78 is 0. The molecule has 0 spiro atoms. The van der Waals surface area contributed by atoms with Gasteiger partial charge in [-0.15, -0.1) is 12.4 Å². The number of fused-ring (bicyclic) bond motifs is 4. The molecule has 3 saturated heterocycles. The summed E-state index contributed by atoms with van der Waals surface area (Å²) in [5.74, 6) is 0.628. The minimum Gasteiger partial charge on any atom is -0.347 e. The van der Waals surface area contributed by atoms with Crippen LogP contribution in [-0.2, 0) is 0 Å². The quantitative estimate of drug-likeness (QED) is 0.908. The second kappa shape index (κ2) is 6.34. The monoisotopic (exact) mass is 345 g/mol. The maximum Gasteiger partial charge on any atom is 0.251 e. The highest BCUT2D eigenvalue weighted by Gasteiger charge is 2.48. The molecule has 5 rings (SSSR count). The number of hydrogen-bond donors (Lipinski definition) is 1. The van der Waals surface area contributed by atoms with Crippen molar-refractivity contribution in [2.45, 2.75) is 38.3 Å². The predicted octanol–water partition coefficient (Wildman–Crippen LogP) is 3.26. The van der Waals surface area contributed by atoms with Crippen molar-refractivity contribution < 1.29 is 4.79 Å². The van der Waals surface area contributed by atoms with Crippen molar-refractivity contribution in [1.29, 1.82) is 0 Å². The summed E-state index contributed by atoms with van der Waals surface area (Å²) in [7, 11) is 0. The first kappa shape index (κ1) is 17.2. The Morgan fingerprint density at radius 1 is 1.25 bits per heavy atom. The molecule has 0 unspecified atom stereocenters. The van der Waals surface area contributed by atoms with Crippen LogP contribution in [0.15, 0.2) is 36.5 Å². The molecule has 2 bridgehead atoms. The molecule has 3 aliphatic heterocycles. The van der Waals surface area contributed by atoms with Gasteiger partial charge in [0.2, 0.25) is 0 Å². The Kier molecular flexibility index (Phi) is 4.54. The average Bonchev–Trinajstić information content (AvgIpc) is 2.58. The largest absolute Gasteiger partial charge is 0.347 e. The zero-order valence-electron chi connectivity index (χ0n) is 14.2. The Balaban J connectivity index is 0.00000169. The summed E-state index contributed by atoms with van der Waals surface area (Å²) >= 11 is 0. The fraction of sp³-hybridized carbons (Fsp3) is 0.474. The topological polar surface area (TPSA) is 45.2 Å². The molecule has 1 aromatic heterocycles. The Morgan fingerprint density at radius 2 is 2.00 bits per heavy atom. The molecule has 0 aliphatic carbocycles. The normalized spacial score (nSPS) is 27.5. The average molecular weight is 346 g/mol. The Bertz CT molecular complexity index is 753. The molecule has 2 aromatic rings. The molecule has 3 fully saturated rings. The lowest BCUT2D eigenvalue weighted by Gasteiger charge is -2.56. The second-order valence-electron chi connectivity index (χ2n) is 7.34. The van der Waals surface area contributed by atoms with E-state index < -0.39 is 0 Å². The van der Waals surface area contributed by atoms with Gasteiger partial charge in [-0.2, -0.15) is 0 Å². The highest BCUT2D eigenvalue weighted by molar-refractivity contribution is 5.98. The second-order valence-corrected chi connectivity index (χ2v) is 7.34. The van der Waals surface area contributed by atoms with E-state index in [1.54, 1.807) is 6.20 Å². The van der Waals surface area contributed by atoms with E-state index in [-0.39, 0.29) is 29.9 Å². The van der Waals surface area contributed by atoms with Crippen molar-refractivity contribution in [2.24, 2.45) is 5.92 Å². The molecule has 4 heterocycles. The molecule has 3 aliphatic rings. The minimum atomic E-state index is 0. The summed E-state index contributed by atoms with van der Waals surface area (Å²) in [6, 6.07) is 9.86. The summed E-state index contributed by atoms with van der Waals surface area (Å²) in [5.41, 5.74) is 1.68. The van der Waals surface area contributed by atoms with Gasteiger partial charge in [0.25, 0.3) is 5.91 Å². The molecular formula is C19H24ClN3O. The molecule has 5 heteroatoms. The van der Waals surface area contributed by atoms with Gasteiger partial charge < -0.3 is 5.32 Å². The number of nitrogens with zero attached hydrogens (tertiary/aromatic N) is 2. The Hall–Kier alpha value is -1.65. The fourth-order valence-electron chi connectivity index (χ4n) is 4.32. The van der Waals surface area contributed by atoms with Crippen molar-refractivity contribution in [3.63, 3.8) is 0 Å². The number of nitrogens with one attached hydrogen (secondary N) is 1. The van der Waals surface area contributed by atoms with E-state index in [9.17, 15) is 4.79 Å². The number of halogens is 1. The van der Waals surface area contributed by atoms with Crippen molar-refractivity contribution in [3.05, 3.63) is 42.1 Å². The fourth-order valence-corrected chi connectivity index (χ4v) is 4.32. The molecule has 1 amide bonds. The summed E-state index contributed by atoms with van der Waals surface area (Å²) in [6.07, 6.45) is 4.16. The van der Waals surface area contributed by atoms with Crippen molar-refractivity contribution >= 4 is 29.2 Å². The Morgan fingerprint density at radius 3 is 2.71 bits per heavy atom. The number of amides is 1. The third-order valence-corrected chi connectivity index (χ3v) is 5.74. The molecule has 1 aromatic carbocycles. The SMILES string of the molecule is CC1(C)[C@H](NC(=O)c2ccc3ncccc3c2)C2CCN1CC2.Cl. The van der Waals surface area contributed by atoms with Gasteiger partial charge in [-0.05, 0) is 70.0 Å². The van der Waals surface area contributed by atoms with E-state index in [2.05, 4.69) is 29.0 Å². The van der Waals surface area contributed by atoms with Crippen LogP contribution in [0.3, 0.4) is 0 Å². The number of benzene rings is 1. The first-order valence-corrected chi connectivity index (χ1v) is 8.46. The number of rotatable bonds is 2. The Labute approximate surface area is 149 Å². The molecule has 24 heavy (non-hydrogen) atoms. The van der Waals surface area contributed by atoms with E-state index in [0.717, 1.165) is 29.6 Å². The van der Waals surface area contributed by atoms with E-state index in [1.165, 1.54) is 12.8 Å². The first-order valence-electron chi connectivity index (χ1n) is 8.46. The van der Waals surface area contributed by atoms with Crippen LogP contribution in [0.4, 0.5) is 0 Å². The van der Waals surface area contributed by atoms with Gasteiger partial charge in [-0.3, -0.25) is 14.7 Å². The lowest BCUT2D eigenvalue weighted by atomic mass is 9.72. The van der Waals surface area contributed by atoms with Crippen LogP contribution in [0, 0.1) is 5.92 Å². The first-order chi connectivity index (χ1) is 11.1. The van der Waals surface area contributed by atoms with Crippen molar-refractivity contribution in [1.82, 2.24) is 15.2 Å². The van der Waals surface area contributed by atoms with Crippen LogP contribution in [0.1, 0.15) is 37.0 Å². The number of pyridine rings is 1. The van der Waals surface area contributed by atoms with Crippen LogP contribution in [0.2, 0.25) is 0 Å².